The number of rotatable bonds is 7. The van der Waals surface area contributed by atoms with E-state index in [0.29, 0.717) is 56.9 Å². The zero-order valence-electron chi connectivity index (χ0n) is 25.1. The molecule has 2 aliphatic rings. The van der Waals surface area contributed by atoms with Crippen LogP contribution >= 0.6 is 0 Å². The summed E-state index contributed by atoms with van der Waals surface area (Å²) in [5, 5.41) is 0. The Labute approximate surface area is 264 Å². The number of halogens is 6. The summed E-state index contributed by atoms with van der Waals surface area (Å²) in [6.45, 7) is 5.52. The molecule has 3 aromatic carbocycles. The second kappa shape index (κ2) is 13.3. The molecule has 248 valence electrons. The summed E-state index contributed by atoms with van der Waals surface area (Å²) < 4.78 is 105. The third kappa shape index (κ3) is 7.73. The zero-order valence-corrected chi connectivity index (χ0v) is 25.9. The summed E-state index contributed by atoms with van der Waals surface area (Å²) in [6, 6.07) is 15.7. The lowest BCUT2D eigenvalue weighted by atomic mass is 10.0. The van der Waals surface area contributed by atoms with Crippen molar-refractivity contribution < 1.29 is 39.6 Å². The molecule has 3 aromatic rings. The number of benzene rings is 3. The Morgan fingerprint density at radius 2 is 1.20 bits per heavy atom. The fourth-order valence-corrected chi connectivity index (χ4v) is 7.18. The monoisotopic (exact) mass is 668 g/mol. The smallest absolute Gasteiger partial charge is 0.336 e. The average Bonchev–Trinajstić information content (AvgIpc) is 3.04. The van der Waals surface area contributed by atoms with Gasteiger partial charge in [0.25, 0.3) is 5.91 Å². The number of hydrogen-bond acceptors (Lipinski definition) is 5. The van der Waals surface area contributed by atoms with E-state index in [0.717, 1.165) is 29.8 Å². The van der Waals surface area contributed by atoms with Crippen molar-refractivity contribution in [3.05, 3.63) is 101 Å². The van der Waals surface area contributed by atoms with E-state index < -0.39 is 33.5 Å². The van der Waals surface area contributed by atoms with Crippen LogP contribution in [0.1, 0.15) is 45.6 Å². The summed E-state index contributed by atoms with van der Waals surface area (Å²) in [5.74, 6) is -0.232. The summed E-state index contributed by atoms with van der Waals surface area (Å²) >= 11 is 0. The average molecular weight is 669 g/mol. The van der Waals surface area contributed by atoms with Crippen molar-refractivity contribution >= 4 is 15.9 Å². The predicted octanol–water partition coefficient (Wildman–Crippen LogP) is 5.75. The molecule has 1 atom stereocenters. The number of amides is 1. The highest BCUT2D eigenvalue weighted by molar-refractivity contribution is 7.89. The minimum Gasteiger partial charge on any atom is -0.336 e. The molecule has 2 heterocycles. The number of hydrogen-bond donors (Lipinski definition) is 0. The van der Waals surface area contributed by atoms with Crippen molar-refractivity contribution in [3.8, 4) is 0 Å². The van der Waals surface area contributed by atoms with Gasteiger partial charge in [-0.1, -0.05) is 24.3 Å². The largest absolute Gasteiger partial charge is 0.416 e. The standard InChI is InChI=1S/C32H34F6N4O3S/c1-23(25-4-10-28(11-5-25)32(36,37)38)40-18-20-42(21-19-40)46(44,45)29-12-6-26(7-13-29)30(43)41-16-14-39(15-17-41)22-24-2-8-27(9-3-24)31(33,34)35/h2-13,23H,14-22H2,1H3. The van der Waals surface area contributed by atoms with Crippen LogP contribution in [0.5, 0.6) is 0 Å². The van der Waals surface area contributed by atoms with Crippen LogP contribution in [0.25, 0.3) is 0 Å². The Morgan fingerprint density at radius 1 is 0.696 bits per heavy atom. The molecule has 2 aliphatic heterocycles. The van der Waals surface area contributed by atoms with Crippen molar-refractivity contribution in [1.82, 2.24) is 19.0 Å². The fraction of sp³-hybridized carbons (Fsp3) is 0.406. The lowest BCUT2D eigenvalue weighted by molar-refractivity contribution is -0.138. The van der Waals surface area contributed by atoms with Crippen molar-refractivity contribution in [1.29, 1.82) is 0 Å². The second-order valence-corrected chi connectivity index (χ2v) is 13.5. The third-order valence-electron chi connectivity index (χ3n) is 8.63. The van der Waals surface area contributed by atoms with Crippen LogP contribution in [0.3, 0.4) is 0 Å². The first-order valence-electron chi connectivity index (χ1n) is 14.8. The van der Waals surface area contributed by atoms with E-state index in [2.05, 4.69) is 4.90 Å². The quantitative estimate of drug-likeness (QED) is 0.300. The maximum atomic E-state index is 13.3. The molecular weight excluding hydrogens is 634 g/mol. The highest BCUT2D eigenvalue weighted by Crippen LogP contribution is 2.32. The Balaban J connectivity index is 1.12. The molecule has 2 saturated heterocycles. The third-order valence-corrected chi connectivity index (χ3v) is 10.5. The fourth-order valence-electron chi connectivity index (χ4n) is 5.76. The van der Waals surface area contributed by atoms with Gasteiger partial charge in [-0.3, -0.25) is 14.6 Å². The molecule has 0 N–H and O–H groups in total. The topological polar surface area (TPSA) is 64.2 Å². The molecule has 0 spiro atoms. The van der Waals surface area contributed by atoms with Crippen LogP contribution in [0.15, 0.2) is 77.7 Å². The van der Waals surface area contributed by atoms with E-state index in [9.17, 15) is 39.6 Å². The van der Waals surface area contributed by atoms with Gasteiger partial charge in [-0.05, 0) is 66.6 Å². The van der Waals surface area contributed by atoms with Crippen molar-refractivity contribution in [3.63, 3.8) is 0 Å². The van der Waals surface area contributed by atoms with Gasteiger partial charge in [0.15, 0.2) is 0 Å². The van der Waals surface area contributed by atoms with Crippen LogP contribution in [0.4, 0.5) is 26.3 Å². The first kappa shape index (κ1) is 33.9. The SMILES string of the molecule is CC(c1ccc(C(F)(F)F)cc1)N1CCN(S(=O)(=O)c2ccc(C(=O)N3CCN(Cc4ccc(C(F)(F)F)cc4)CC3)cc2)CC1. The predicted molar refractivity (Wildman–Crippen MR) is 159 cm³/mol. The summed E-state index contributed by atoms with van der Waals surface area (Å²) in [7, 11) is -3.83. The first-order chi connectivity index (χ1) is 21.6. The van der Waals surface area contributed by atoms with Gasteiger partial charge in [0.05, 0.1) is 16.0 Å². The number of carbonyl (C=O) groups excluding carboxylic acids is 1. The number of carbonyl (C=O) groups is 1. The van der Waals surface area contributed by atoms with Crippen molar-refractivity contribution in [2.45, 2.75) is 36.8 Å². The van der Waals surface area contributed by atoms with Crippen LogP contribution in [0.2, 0.25) is 0 Å². The molecule has 1 amide bonds. The van der Waals surface area contributed by atoms with E-state index >= 15 is 0 Å². The van der Waals surface area contributed by atoms with Gasteiger partial charge in [0, 0.05) is 70.5 Å². The normalized spacial score (nSPS) is 18.5. The molecule has 0 radical (unpaired) electrons. The summed E-state index contributed by atoms with van der Waals surface area (Å²) in [6.07, 6.45) is -8.80. The van der Waals surface area contributed by atoms with Gasteiger partial charge in [0.2, 0.25) is 10.0 Å². The maximum Gasteiger partial charge on any atom is 0.416 e. The van der Waals surface area contributed by atoms with Gasteiger partial charge < -0.3 is 4.90 Å². The molecule has 14 heteroatoms. The van der Waals surface area contributed by atoms with E-state index in [1.165, 1.54) is 52.8 Å². The Morgan fingerprint density at radius 3 is 1.70 bits per heavy atom. The molecule has 7 nitrogen and oxygen atoms in total. The van der Waals surface area contributed by atoms with Crippen LogP contribution in [0, 0.1) is 0 Å². The lowest BCUT2D eigenvalue weighted by Crippen LogP contribution is -2.49. The van der Waals surface area contributed by atoms with Gasteiger partial charge in [-0.25, -0.2) is 8.42 Å². The van der Waals surface area contributed by atoms with E-state index in [-0.39, 0.29) is 29.9 Å². The zero-order chi connectivity index (χ0) is 33.3. The molecule has 1 unspecified atom stereocenters. The number of sulfonamides is 1. The number of piperazine rings is 2. The van der Waals surface area contributed by atoms with Gasteiger partial charge >= 0.3 is 12.4 Å². The number of alkyl halides is 6. The second-order valence-electron chi connectivity index (χ2n) is 11.5. The molecule has 2 fully saturated rings. The molecule has 0 bridgehead atoms. The molecular formula is C32H34F6N4O3S. The van der Waals surface area contributed by atoms with E-state index in [4.69, 9.17) is 0 Å². The van der Waals surface area contributed by atoms with E-state index in [1.54, 1.807) is 4.90 Å². The van der Waals surface area contributed by atoms with Gasteiger partial charge in [-0.15, -0.1) is 0 Å². The first-order valence-corrected chi connectivity index (χ1v) is 16.3. The Hall–Kier alpha value is -3.46. The Bertz CT molecular complexity index is 1600. The summed E-state index contributed by atoms with van der Waals surface area (Å²) in [4.78, 5) is 18.9. The van der Waals surface area contributed by atoms with Crippen LogP contribution in [-0.2, 0) is 28.9 Å². The Kier molecular flexibility index (Phi) is 9.83. The van der Waals surface area contributed by atoms with Crippen molar-refractivity contribution in [2.24, 2.45) is 0 Å². The summed E-state index contributed by atoms with van der Waals surface area (Å²) in [5.41, 5.74) is 0.400. The van der Waals surface area contributed by atoms with Crippen LogP contribution < -0.4 is 0 Å². The minimum atomic E-state index is -4.41. The molecule has 0 saturated carbocycles. The molecule has 46 heavy (non-hydrogen) atoms. The molecule has 5 rings (SSSR count). The van der Waals surface area contributed by atoms with E-state index in [1.807, 2.05) is 11.8 Å². The van der Waals surface area contributed by atoms with Crippen molar-refractivity contribution in [2.75, 3.05) is 52.4 Å². The molecule has 0 aliphatic carbocycles. The highest BCUT2D eigenvalue weighted by Gasteiger charge is 2.33. The minimum absolute atomic E-state index is 0.0645. The van der Waals surface area contributed by atoms with Gasteiger partial charge in [0.1, 0.15) is 0 Å². The van der Waals surface area contributed by atoms with Crippen LogP contribution in [-0.4, -0.2) is 85.7 Å². The number of nitrogens with zero attached hydrogens (tertiary/aromatic N) is 4. The maximum absolute atomic E-state index is 13.3. The molecule has 0 aromatic heterocycles. The highest BCUT2D eigenvalue weighted by atomic mass is 32.2. The van der Waals surface area contributed by atoms with Gasteiger partial charge in [-0.2, -0.15) is 30.6 Å². The lowest BCUT2D eigenvalue weighted by Gasteiger charge is -2.37.